The van der Waals surface area contributed by atoms with Crippen molar-refractivity contribution in [2.75, 3.05) is 6.61 Å². The molecule has 1 rings (SSSR count). The van der Waals surface area contributed by atoms with E-state index in [9.17, 15) is 9.90 Å². The lowest BCUT2D eigenvalue weighted by Gasteiger charge is -2.19. The lowest BCUT2D eigenvalue weighted by atomic mass is 9.96. The van der Waals surface area contributed by atoms with Gasteiger partial charge in [-0.25, -0.2) is 0 Å². The predicted octanol–water partition coefficient (Wildman–Crippen LogP) is 2.40. The molecule has 0 aromatic rings. The third-order valence-corrected chi connectivity index (χ3v) is 3.11. The molecule has 98 valence electrons. The van der Waals surface area contributed by atoms with Gasteiger partial charge in [-0.15, -0.1) is 0 Å². The maximum atomic E-state index is 11.8. The first-order valence-corrected chi connectivity index (χ1v) is 6.70. The number of nitrogens with one attached hydrogen (secondary N) is 1. The Morgan fingerprint density at radius 1 is 1.47 bits per heavy atom. The molecule has 0 bridgehead atoms. The molecule has 0 saturated heterocycles. The van der Waals surface area contributed by atoms with Crippen LogP contribution in [-0.2, 0) is 4.79 Å². The number of aliphatic hydroxyl groups excluding tert-OH is 1. The molecule has 0 aromatic heterocycles. The van der Waals surface area contributed by atoms with Crippen molar-refractivity contribution in [2.24, 2.45) is 5.92 Å². The zero-order valence-electron chi connectivity index (χ0n) is 11.0. The first kappa shape index (κ1) is 14.2. The number of amides is 1. The van der Waals surface area contributed by atoms with Crippen LogP contribution in [0.5, 0.6) is 0 Å². The second-order valence-corrected chi connectivity index (χ2v) is 5.36. The van der Waals surface area contributed by atoms with Gasteiger partial charge in [0.2, 0.25) is 5.91 Å². The normalized spacial score (nSPS) is 17.8. The van der Waals surface area contributed by atoms with Gasteiger partial charge in [0.05, 0.1) is 12.6 Å². The summed E-state index contributed by atoms with van der Waals surface area (Å²) in [5, 5.41) is 12.1. The Hall–Kier alpha value is -0.830. The molecule has 0 fully saturated rings. The summed E-state index contributed by atoms with van der Waals surface area (Å²) in [5.41, 5.74) is 1.26. The van der Waals surface area contributed by atoms with E-state index in [4.69, 9.17) is 0 Å². The number of allylic oxidation sites excluding steroid dienone is 1. The predicted molar refractivity (Wildman–Crippen MR) is 69.6 cm³/mol. The zero-order chi connectivity index (χ0) is 12.7. The molecule has 3 nitrogen and oxygen atoms in total. The number of hydrogen-bond acceptors (Lipinski definition) is 2. The van der Waals surface area contributed by atoms with E-state index in [0.29, 0.717) is 12.3 Å². The highest BCUT2D eigenvalue weighted by atomic mass is 16.3. The summed E-state index contributed by atoms with van der Waals surface area (Å²) < 4.78 is 0. The summed E-state index contributed by atoms with van der Waals surface area (Å²) in [6.07, 6.45) is 8.15. The van der Waals surface area contributed by atoms with Crippen molar-refractivity contribution in [2.45, 2.75) is 58.4 Å². The van der Waals surface area contributed by atoms with Crippen molar-refractivity contribution in [3.05, 3.63) is 11.6 Å². The number of carbonyl (C=O) groups excluding carboxylic acids is 1. The largest absolute Gasteiger partial charge is 0.394 e. The minimum Gasteiger partial charge on any atom is -0.394 e. The van der Waals surface area contributed by atoms with E-state index in [1.165, 1.54) is 18.4 Å². The first-order valence-electron chi connectivity index (χ1n) is 6.70. The SMILES string of the molecule is CC(C)CC(CO)NC(=O)CC1=CCCCC1. The fourth-order valence-electron chi connectivity index (χ4n) is 2.30. The molecule has 0 heterocycles. The van der Waals surface area contributed by atoms with Crippen molar-refractivity contribution in [3.8, 4) is 0 Å². The Balaban J connectivity index is 2.34. The lowest BCUT2D eigenvalue weighted by Crippen LogP contribution is -2.38. The summed E-state index contributed by atoms with van der Waals surface area (Å²) in [6.45, 7) is 4.22. The minimum absolute atomic E-state index is 0.0307. The summed E-state index contributed by atoms with van der Waals surface area (Å²) in [5.74, 6) is 0.541. The number of hydrogen-bond donors (Lipinski definition) is 2. The molecule has 0 saturated carbocycles. The number of carbonyl (C=O) groups is 1. The van der Waals surface area contributed by atoms with E-state index in [-0.39, 0.29) is 18.6 Å². The van der Waals surface area contributed by atoms with E-state index in [0.717, 1.165) is 19.3 Å². The molecular weight excluding hydrogens is 214 g/mol. The highest BCUT2D eigenvalue weighted by Crippen LogP contribution is 2.20. The van der Waals surface area contributed by atoms with Crippen molar-refractivity contribution in [3.63, 3.8) is 0 Å². The second-order valence-electron chi connectivity index (χ2n) is 5.36. The summed E-state index contributed by atoms with van der Waals surface area (Å²) in [6, 6.07) is -0.0910. The third-order valence-electron chi connectivity index (χ3n) is 3.11. The third kappa shape index (κ3) is 5.87. The molecule has 1 aliphatic rings. The van der Waals surface area contributed by atoms with Crippen molar-refractivity contribution < 1.29 is 9.90 Å². The molecular formula is C14H25NO2. The molecule has 0 aliphatic heterocycles. The standard InChI is InChI=1S/C14H25NO2/c1-11(2)8-13(10-16)15-14(17)9-12-6-4-3-5-7-12/h6,11,13,16H,3-5,7-10H2,1-2H3,(H,15,17). The highest BCUT2D eigenvalue weighted by Gasteiger charge is 2.14. The molecule has 0 radical (unpaired) electrons. The number of rotatable bonds is 6. The zero-order valence-corrected chi connectivity index (χ0v) is 11.0. The fourth-order valence-corrected chi connectivity index (χ4v) is 2.30. The average Bonchev–Trinajstić information content (AvgIpc) is 2.28. The lowest BCUT2D eigenvalue weighted by molar-refractivity contribution is -0.121. The van der Waals surface area contributed by atoms with Crippen LogP contribution in [0.4, 0.5) is 0 Å². The van der Waals surface area contributed by atoms with Crippen LogP contribution in [0.3, 0.4) is 0 Å². The van der Waals surface area contributed by atoms with Crippen LogP contribution < -0.4 is 5.32 Å². The quantitative estimate of drug-likeness (QED) is 0.699. The maximum Gasteiger partial charge on any atom is 0.224 e. The van der Waals surface area contributed by atoms with Crippen molar-refractivity contribution >= 4 is 5.91 Å². The smallest absolute Gasteiger partial charge is 0.224 e. The molecule has 0 aromatic carbocycles. The Labute approximate surface area is 104 Å². The van der Waals surface area contributed by atoms with Crippen molar-refractivity contribution in [1.82, 2.24) is 5.32 Å². The molecule has 3 heteroatoms. The Morgan fingerprint density at radius 2 is 2.24 bits per heavy atom. The van der Waals surface area contributed by atoms with Gasteiger partial charge in [-0.2, -0.15) is 0 Å². The van der Waals surface area contributed by atoms with Gasteiger partial charge in [-0.3, -0.25) is 4.79 Å². The van der Waals surface area contributed by atoms with Crippen molar-refractivity contribution in [1.29, 1.82) is 0 Å². The molecule has 1 aliphatic carbocycles. The van der Waals surface area contributed by atoms with Gasteiger partial charge in [0.15, 0.2) is 0 Å². The highest BCUT2D eigenvalue weighted by molar-refractivity contribution is 5.78. The molecule has 1 unspecified atom stereocenters. The van der Waals surface area contributed by atoms with Crippen LogP contribution in [0.1, 0.15) is 52.4 Å². The van der Waals surface area contributed by atoms with E-state index in [2.05, 4.69) is 25.2 Å². The van der Waals surface area contributed by atoms with Gasteiger partial charge in [0.1, 0.15) is 0 Å². The van der Waals surface area contributed by atoms with Crippen LogP contribution in [0.2, 0.25) is 0 Å². The Bertz CT molecular complexity index is 271. The van der Waals surface area contributed by atoms with Gasteiger partial charge in [-0.1, -0.05) is 25.5 Å². The second kappa shape index (κ2) is 7.49. The van der Waals surface area contributed by atoms with E-state index in [1.54, 1.807) is 0 Å². The van der Waals surface area contributed by atoms with Gasteiger partial charge < -0.3 is 10.4 Å². The minimum atomic E-state index is -0.0910. The molecule has 1 amide bonds. The summed E-state index contributed by atoms with van der Waals surface area (Å²) in [4.78, 5) is 11.8. The summed E-state index contributed by atoms with van der Waals surface area (Å²) in [7, 11) is 0. The van der Waals surface area contributed by atoms with Crippen LogP contribution in [-0.4, -0.2) is 23.7 Å². The molecule has 2 N–H and O–H groups in total. The maximum absolute atomic E-state index is 11.8. The van der Waals surface area contributed by atoms with E-state index in [1.807, 2.05) is 0 Å². The van der Waals surface area contributed by atoms with Gasteiger partial charge in [0, 0.05) is 6.42 Å². The van der Waals surface area contributed by atoms with E-state index >= 15 is 0 Å². The Morgan fingerprint density at radius 3 is 2.76 bits per heavy atom. The van der Waals surface area contributed by atoms with Crippen LogP contribution in [0.25, 0.3) is 0 Å². The molecule has 0 spiro atoms. The summed E-state index contributed by atoms with van der Waals surface area (Å²) >= 11 is 0. The monoisotopic (exact) mass is 239 g/mol. The van der Waals surface area contributed by atoms with Crippen LogP contribution in [0, 0.1) is 5.92 Å². The molecule has 1 atom stereocenters. The number of aliphatic hydroxyl groups is 1. The average molecular weight is 239 g/mol. The fraction of sp³-hybridized carbons (Fsp3) is 0.786. The van der Waals surface area contributed by atoms with E-state index < -0.39 is 0 Å². The van der Waals surface area contributed by atoms with Gasteiger partial charge >= 0.3 is 0 Å². The first-order chi connectivity index (χ1) is 8.11. The van der Waals surface area contributed by atoms with Gasteiger partial charge in [-0.05, 0) is 38.0 Å². The van der Waals surface area contributed by atoms with Crippen LogP contribution >= 0.6 is 0 Å². The molecule has 17 heavy (non-hydrogen) atoms. The van der Waals surface area contributed by atoms with Gasteiger partial charge in [0.25, 0.3) is 0 Å². The Kier molecular flexibility index (Phi) is 6.27. The topological polar surface area (TPSA) is 49.3 Å². The van der Waals surface area contributed by atoms with Crippen LogP contribution in [0.15, 0.2) is 11.6 Å².